The zero-order valence-corrected chi connectivity index (χ0v) is 9.30. The van der Waals surface area contributed by atoms with Gasteiger partial charge in [-0.15, -0.1) is 0 Å². The van der Waals surface area contributed by atoms with E-state index in [1.807, 2.05) is 26.0 Å². The fourth-order valence-electron chi connectivity index (χ4n) is 1.12. The first-order valence-corrected chi connectivity index (χ1v) is 4.90. The third-order valence-corrected chi connectivity index (χ3v) is 1.82. The van der Waals surface area contributed by atoms with Crippen LogP contribution in [0.1, 0.15) is 19.4 Å². The van der Waals surface area contributed by atoms with Gasteiger partial charge in [0, 0.05) is 26.0 Å². The molecule has 1 amide bonds. The maximum absolute atomic E-state index is 11.4. The first kappa shape index (κ1) is 11.5. The summed E-state index contributed by atoms with van der Waals surface area (Å²) >= 11 is 0. The second kappa shape index (κ2) is 5.34. The van der Waals surface area contributed by atoms with E-state index < -0.39 is 0 Å². The highest BCUT2D eigenvalue weighted by Gasteiger charge is 2.11. The zero-order valence-electron chi connectivity index (χ0n) is 9.30. The molecule has 0 aliphatic rings. The molecule has 0 aliphatic carbocycles. The number of rotatable bonds is 3. The van der Waals surface area contributed by atoms with Gasteiger partial charge < -0.3 is 9.64 Å². The molecular formula is C11H16N2O2. The number of hydrogen-bond acceptors (Lipinski definition) is 3. The van der Waals surface area contributed by atoms with Gasteiger partial charge in [-0.25, -0.2) is 4.79 Å². The van der Waals surface area contributed by atoms with Gasteiger partial charge in [0.1, 0.15) is 0 Å². The van der Waals surface area contributed by atoms with Crippen molar-refractivity contribution >= 4 is 6.09 Å². The van der Waals surface area contributed by atoms with Crippen LogP contribution in [0.25, 0.3) is 0 Å². The van der Waals surface area contributed by atoms with Crippen molar-refractivity contribution in [2.45, 2.75) is 26.5 Å². The summed E-state index contributed by atoms with van der Waals surface area (Å²) in [5.41, 5.74) is 1.04. The number of pyridine rings is 1. The molecule has 0 spiro atoms. The van der Waals surface area contributed by atoms with E-state index in [0.717, 1.165) is 5.56 Å². The number of hydrogen-bond donors (Lipinski definition) is 0. The number of aromatic nitrogens is 1. The second-order valence-corrected chi connectivity index (χ2v) is 3.64. The van der Waals surface area contributed by atoms with Crippen molar-refractivity contribution in [2.75, 3.05) is 7.05 Å². The van der Waals surface area contributed by atoms with Gasteiger partial charge in [0.2, 0.25) is 0 Å². The lowest BCUT2D eigenvalue weighted by Crippen LogP contribution is -2.29. The number of ether oxygens (including phenoxy) is 1. The molecule has 0 N–H and O–H groups in total. The maximum atomic E-state index is 11.4. The fraction of sp³-hybridized carbons (Fsp3) is 0.455. The Morgan fingerprint density at radius 3 is 2.60 bits per heavy atom. The summed E-state index contributed by atoms with van der Waals surface area (Å²) in [6.07, 6.45) is 3.02. The summed E-state index contributed by atoms with van der Waals surface area (Å²) in [5, 5.41) is 0. The smallest absolute Gasteiger partial charge is 0.410 e. The SMILES string of the molecule is CC(C)OC(=O)N(C)Cc1ccncc1. The average molecular weight is 208 g/mol. The first-order chi connectivity index (χ1) is 7.09. The molecule has 4 heteroatoms. The third-order valence-electron chi connectivity index (χ3n) is 1.82. The van der Waals surface area contributed by atoms with Crippen LogP contribution in [0.3, 0.4) is 0 Å². The quantitative estimate of drug-likeness (QED) is 0.763. The Morgan fingerprint density at radius 1 is 1.47 bits per heavy atom. The minimum absolute atomic E-state index is 0.0857. The Kier molecular flexibility index (Phi) is 4.09. The summed E-state index contributed by atoms with van der Waals surface area (Å²) in [6.45, 7) is 4.20. The summed E-state index contributed by atoms with van der Waals surface area (Å²) < 4.78 is 5.06. The van der Waals surface area contributed by atoms with Gasteiger partial charge in [-0.1, -0.05) is 0 Å². The van der Waals surface area contributed by atoms with Crippen LogP contribution in [-0.4, -0.2) is 29.1 Å². The molecule has 1 heterocycles. The van der Waals surface area contributed by atoms with Gasteiger partial charge in [0.15, 0.2) is 0 Å². The van der Waals surface area contributed by atoms with Crippen LogP contribution in [-0.2, 0) is 11.3 Å². The molecule has 0 bridgehead atoms. The van der Waals surface area contributed by atoms with E-state index in [9.17, 15) is 4.79 Å². The van der Waals surface area contributed by atoms with Crippen LogP contribution in [0, 0.1) is 0 Å². The summed E-state index contributed by atoms with van der Waals surface area (Å²) in [7, 11) is 1.71. The van der Waals surface area contributed by atoms with Crippen LogP contribution in [0.4, 0.5) is 4.79 Å². The van der Waals surface area contributed by atoms with Crippen molar-refractivity contribution in [1.29, 1.82) is 0 Å². The van der Waals surface area contributed by atoms with Crippen molar-refractivity contribution < 1.29 is 9.53 Å². The fourth-order valence-corrected chi connectivity index (χ4v) is 1.12. The summed E-state index contributed by atoms with van der Waals surface area (Å²) in [4.78, 5) is 16.9. The van der Waals surface area contributed by atoms with Gasteiger partial charge in [0.25, 0.3) is 0 Å². The highest BCUT2D eigenvalue weighted by molar-refractivity contribution is 5.67. The molecule has 15 heavy (non-hydrogen) atoms. The lowest BCUT2D eigenvalue weighted by molar-refractivity contribution is 0.0822. The zero-order chi connectivity index (χ0) is 11.3. The molecule has 0 radical (unpaired) electrons. The Balaban J connectivity index is 2.49. The van der Waals surface area contributed by atoms with E-state index in [-0.39, 0.29) is 12.2 Å². The molecule has 0 aromatic carbocycles. The van der Waals surface area contributed by atoms with Gasteiger partial charge in [0.05, 0.1) is 6.10 Å². The molecule has 1 aromatic rings. The van der Waals surface area contributed by atoms with E-state index in [1.54, 1.807) is 19.4 Å². The lowest BCUT2D eigenvalue weighted by Gasteiger charge is -2.18. The van der Waals surface area contributed by atoms with Gasteiger partial charge in [-0.05, 0) is 31.5 Å². The largest absolute Gasteiger partial charge is 0.447 e. The van der Waals surface area contributed by atoms with E-state index in [0.29, 0.717) is 6.54 Å². The van der Waals surface area contributed by atoms with Gasteiger partial charge in [-0.3, -0.25) is 4.98 Å². The standard InChI is InChI=1S/C11H16N2O2/c1-9(2)15-11(14)13(3)8-10-4-6-12-7-5-10/h4-7,9H,8H2,1-3H3. The van der Waals surface area contributed by atoms with Crippen molar-refractivity contribution in [3.63, 3.8) is 0 Å². The Hall–Kier alpha value is -1.58. The molecule has 0 aliphatic heterocycles. The van der Waals surface area contributed by atoms with Crippen molar-refractivity contribution in [2.24, 2.45) is 0 Å². The Bertz CT molecular complexity index is 312. The molecule has 1 rings (SSSR count). The highest BCUT2D eigenvalue weighted by Crippen LogP contribution is 2.03. The van der Waals surface area contributed by atoms with Crippen LogP contribution in [0.2, 0.25) is 0 Å². The van der Waals surface area contributed by atoms with E-state index in [1.165, 1.54) is 4.90 Å². The Labute approximate surface area is 89.9 Å². The van der Waals surface area contributed by atoms with Crippen molar-refractivity contribution in [3.8, 4) is 0 Å². The number of carbonyl (C=O) groups excluding carboxylic acids is 1. The normalized spacial score (nSPS) is 10.1. The molecular weight excluding hydrogens is 192 g/mol. The molecule has 0 saturated carbocycles. The molecule has 0 fully saturated rings. The first-order valence-electron chi connectivity index (χ1n) is 4.90. The van der Waals surface area contributed by atoms with Crippen LogP contribution < -0.4 is 0 Å². The molecule has 0 saturated heterocycles. The van der Waals surface area contributed by atoms with Crippen molar-refractivity contribution in [1.82, 2.24) is 9.88 Å². The second-order valence-electron chi connectivity index (χ2n) is 3.64. The van der Waals surface area contributed by atoms with E-state index in [2.05, 4.69) is 4.98 Å². The van der Waals surface area contributed by atoms with Crippen LogP contribution >= 0.6 is 0 Å². The maximum Gasteiger partial charge on any atom is 0.410 e. The number of nitrogens with zero attached hydrogens (tertiary/aromatic N) is 2. The average Bonchev–Trinajstić information content (AvgIpc) is 2.18. The van der Waals surface area contributed by atoms with Gasteiger partial charge in [-0.2, -0.15) is 0 Å². The van der Waals surface area contributed by atoms with Crippen LogP contribution in [0.15, 0.2) is 24.5 Å². The van der Waals surface area contributed by atoms with Gasteiger partial charge >= 0.3 is 6.09 Å². The molecule has 4 nitrogen and oxygen atoms in total. The number of carbonyl (C=O) groups is 1. The predicted octanol–water partition coefficient (Wildman–Crippen LogP) is 2.06. The Morgan fingerprint density at radius 2 is 2.07 bits per heavy atom. The summed E-state index contributed by atoms with van der Waals surface area (Å²) in [5.74, 6) is 0. The lowest BCUT2D eigenvalue weighted by atomic mass is 10.2. The van der Waals surface area contributed by atoms with Crippen LogP contribution in [0.5, 0.6) is 0 Å². The van der Waals surface area contributed by atoms with Crippen molar-refractivity contribution in [3.05, 3.63) is 30.1 Å². The molecule has 82 valence electrons. The minimum Gasteiger partial charge on any atom is -0.447 e. The summed E-state index contributed by atoms with van der Waals surface area (Å²) in [6, 6.07) is 3.75. The molecule has 0 unspecified atom stereocenters. The number of amides is 1. The molecule has 0 atom stereocenters. The van der Waals surface area contributed by atoms with E-state index >= 15 is 0 Å². The topological polar surface area (TPSA) is 42.4 Å². The highest BCUT2D eigenvalue weighted by atomic mass is 16.6. The van der Waals surface area contributed by atoms with E-state index in [4.69, 9.17) is 4.74 Å². The molecule has 1 aromatic heterocycles. The minimum atomic E-state index is -0.304. The predicted molar refractivity (Wildman–Crippen MR) is 57.3 cm³/mol. The monoisotopic (exact) mass is 208 g/mol. The third kappa shape index (κ3) is 3.97.